The van der Waals surface area contributed by atoms with Gasteiger partial charge in [-0.2, -0.15) is 5.10 Å². The molecule has 0 saturated heterocycles. The van der Waals surface area contributed by atoms with Crippen molar-refractivity contribution in [3.05, 3.63) is 70.0 Å². The van der Waals surface area contributed by atoms with Crippen LogP contribution in [0.2, 0.25) is 5.15 Å². The quantitative estimate of drug-likeness (QED) is 0.477. The number of rotatable bonds is 4. The highest BCUT2D eigenvalue weighted by Gasteiger charge is 2.22. The van der Waals surface area contributed by atoms with E-state index in [-0.39, 0.29) is 16.6 Å². The van der Waals surface area contributed by atoms with Gasteiger partial charge in [0.2, 0.25) is 0 Å². The van der Waals surface area contributed by atoms with E-state index in [1.807, 2.05) is 37.3 Å². The average molecular weight is 440 g/mol. The number of nitrogens with one attached hydrogen (secondary N) is 2. The SMILES string of the molecule is Cc1cccc(C(=O)Nc2nc3ccccc3s2)c1NC(=O)c1c(C)nn(C)c1Cl. The number of aromatic nitrogens is 3. The molecule has 2 heterocycles. The summed E-state index contributed by atoms with van der Waals surface area (Å²) in [5.41, 5.74) is 3.10. The standard InChI is InChI=1S/C21H18ClN5O2S/c1-11-7-6-8-13(17(11)24-20(29)16-12(2)26-27(3)18(16)22)19(28)25-21-23-14-9-4-5-10-15(14)30-21/h4-10H,1-3H3,(H,24,29)(H,23,25,28). The summed E-state index contributed by atoms with van der Waals surface area (Å²) in [7, 11) is 1.66. The van der Waals surface area contributed by atoms with E-state index < -0.39 is 5.91 Å². The monoisotopic (exact) mass is 439 g/mol. The summed E-state index contributed by atoms with van der Waals surface area (Å²) in [5, 5.41) is 10.6. The van der Waals surface area contributed by atoms with E-state index in [2.05, 4.69) is 20.7 Å². The van der Waals surface area contributed by atoms with Gasteiger partial charge in [0.25, 0.3) is 11.8 Å². The minimum Gasteiger partial charge on any atom is -0.321 e. The lowest BCUT2D eigenvalue weighted by Crippen LogP contribution is -2.19. The topological polar surface area (TPSA) is 88.9 Å². The fourth-order valence-electron chi connectivity index (χ4n) is 3.18. The Hall–Kier alpha value is -3.23. The Bertz CT molecular complexity index is 1260. The Balaban J connectivity index is 1.63. The normalized spacial score (nSPS) is 10.9. The van der Waals surface area contributed by atoms with Gasteiger partial charge >= 0.3 is 0 Å². The Morgan fingerprint density at radius 3 is 2.50 bits per heavy atom. The third kappa shape index (κ3) is 3.67. The largest absolute Gasteiger partial charge is 0.321 e. The molecule has 152 valence electrons. The summed E-state index contributed by atoms with van der Waals surface area (Å²) in [6, 6.07) is 12.9. The summed E-state index contributed by atoms with van der Waals surface area (Å²) >= 11 is 7.61. The number of hydrogen-bond donors (Lipinski definition) is 2. The van der Waals surface area contributed by atoms with Crippen LogP contribution in [0.3, 0.4) is 0 Å². The fourth-order valence-corrected chi connectivity index (χ4v) is 4.30. The Labute approximate surface area is 181 Å². The van der Waals surface area contributed by atoms with E-state index in [9.17, 15) is 9.59 Å². The van der Waals surface area contributed by atoms with Crippen LogP contribution in [0.25, 0.3) is 10.2 Å². The third-order valence-electron chi connectivity index (χ3n) is 4.65. The minimum atomic E-state index is -0.422. The summed E-state index contributed by atoms with van der Waals surface area (Å²) in [6.07, 6.45) is 0. The number of hydrogen-bond acceptors (Lipinski definition) is 5. The lowest BCUT2D eigenvalue weighted by atomic mass is 10.1. The van der Waals surface area contributed by atoms with Crippen LogP contribution in [0.1, 0.15) is 32.0 Å². The van der Waals surface area contributed by atoms with Gasteiger partial charge in [-0.1, -0.05) is 47.2 Å². The van der Waals surface area contributed by atoms with Gasteiger partial charge in [0.05, 0.1) is 32.7 Å². The number of nitrogens with zero attached hydrogens (tertiary/aromatic N) is 3. The zero-order chi connectivity index (χ0) is 21.4. The molecule has 2 aromatic carbocycles. The second-order valence-electron chi connectivity index (χ2n) is 6.77. The van der Waals surface area contributed by atoms with Crippen molar-refractivity contribution in [2.45, 2.75) is 13.8 Å². The average Bonchev–Trinajstić information content (AvgIpc) is 3.22. The molecule has 0 spiro atoms. The van der Waals surface area contributed by atoms with Crippen LogP contribution >= 0.6 is 22.9 Å². The van der Waals surface area contributed by atoms with E-state index in [1.54, 1.807) is 26.1 Å². The molecule has 0 radical (unpaired) electrons. The number of fused-ring (bicyclic) bond motifs is 1. The van der Waals surface area contributed by atoms with E-state index in [0.29, 0.717) is 22.1 Å². The van der Waals surface area contributed by atoms with Gasteiger partial charge in [0, 0.05) is 7.05 Å². The van der Waals surface area contributed by atoms with Crippen molar-refractivity contribution in [1.29, 1.82) is 0 Å². The van der Waals surface area contributed by atoms with Gasteiger partial charge in [0.15, 0.2) is 5.13 Å². The first-order valence-corrected chi connectivity index (χ1v) is 10.3. The van der Waals surface area contributed by atoms with Crippen molar-refractivity contribution < 1.29 is 9.59 Å². The van der Waals surface area contributed by atoms with Crippen LogP contribution in [0, 0.1) is 13.8 Å². The number of carbonyl (C=O) groups is 2. The molecule has 2 aromatic heterocycles. The predicted octanol–water partition coefficient (Wildman–Crippen LogP) is 4.80. The highest BCUT2D eigenvalue weighted by atomic mass is 35.5. The van der Waals surface area contributed by atoms with E-state index in [1.165, 1.54) is 16.0 Å². The van der Waals surface area contributed by atoms with Crippen molar-refractivity contribution in [2.24, 2.45) is 7.05 Å². The highest BCUT2D eigenvalue weighted by Crippen LogP contribution is 2.28. The number of benzene rings is 2. The Morgan fingerprint density at radius 1 is 1.03 bits per heavy atom. The molecule has 0 aliphatic rings. The molecule has 30 heavy (non-hydrogen) atoms. The van der Waals surface area contributed by atoms with Crippen molar-refractivity contribution in [3.8, 4) is 0 Å². The molecule has 0 unspecified atom stereocenters. The van der Waals surface area contributed by atoms with Crippen LogP contribution < -0.4 is 10.6 Å². The van der Waals surface area contributed by atoms with Crippen molar-refractivity contribution in [2.75, 3.05) is 10.6 Å². The number of amides is 2. The number of carbonyl (C=O) groups excluding carboxylic acids is 2. The molecule has 4 rings (SSSR count). The fraction of sp³-hybridized carbons (Fsp3) is 0.143. The number of para-hydroxylation sites is 2. The highest BCUT2D eigenvalue weighted by molar-refractivity contribution is 7.22. The second-order valence-corrected chi connectivity index (χ2v) is 8.16. The maximum atomic E-state index is 13.0. The first-order valence-electron chi connectivity index (χ1n) is 9.12. The number of aryl methyl sites for hydroxylation is 3. The molecule has 7 nitrogen and oxygen atoms in total. The molecule has 0 saturated carbocycles. The zero-order valence-electron chi connectivity index (χ0n) is 16.5. The molecule has 2 N–H and O–H groups in total. The van der Waals surface area contributed by atoms with Gasteiger partial charge in [-0.05, 0) is 37.6 Å². The molecule has 0 atom stereocenters. The summed E-state index contributed by atoms with van der Waals surface area (Å²) < 4.78 is 2.41. The third-order valence-corrected chi connectivity index (χ3v) is 6.04. The van der Waals surface area contributed by atoms with Gasteiger partial charge < -0.3 is 5.32 Å². The van der Waals surface area contributed by atoms with E-state index >= 15 is 0 Å². The molecular weight excluding hydrogens is 422 g/mol. The van der Waals surface area contributed by atoms with Gasteiger partial charge in [0.1, 0.15) is 5.15 Å². The van der Waals surface area contributed by atoms with E-state index in [4.69, 9.17) is 11.6 Å². The molecule has 0 bridgehead atoms. The number of halogens is 1. The smallest absolute Gasteiger partial charge is 0.260 e. The second kappa shape index (κ2) is 7.89. The lowest BCUT2D eigenvalue weighted by Gasteiger charge is -2.13. The molecule has 4 aromatic rings. The Morgan fingerprint density at radius 2 is 1.80 bits per heavy atom. The molecule has 2 amide bonds. The van der Waals surface area contributed by atoms with Crippen LogP contribution in [0.15, 0.2) is 42.5 Å². The molecule has 9 heteroatoms. The summed E-state index contributed by atoms with van der Waals surface area (Å²) in [4.78, 5) is 30.3. The van der Waals surface area contributed by atoms with Crippen LogP contribution in [-0.4, -0.2) is 26.6 Å². The van der Waals surface area contributed by atoms with Crippen LogP contribution in [-0.2, 0) is 7.05 Å². The number of anilines is 2. The van der Waals surface area contributed by atoms with Crippen LogP contribution in [0.5, 0.6) is 0 Å². The molecule has 0 aliphatic carbocycles. The van der Waals surface area contributed by atoms with Gasteiger partial charge in [-0.3, -0.25) is 19.6 Å². The van der Waals surface area contributed by atoms with Crippen LogP contribution in [0.4, 0.5) is 10.8 Å². The maximum absolute atomic E-state index is 13.0. The first kappa shape index (κ1) is 20.1. The molecule has 0 aliphatic heterocycles. The van der Waals surface area contributed by atoms with E-state index in [0.717, 1.165) is 15.8 Å². The molecular formula is C21H18ClN5O2S. The van der Waals surface area contributed by atoms with Crippen molar-refractivity contribution in [3.63, 3.8) is 0 Å². The lowest BCUT2D eigenvalue weighted by molar-refractivity contribution is 0.102. The molecule has 0 fully saturated rings. The summed E-state index contributed by atoms with van der Waals surface area (Å²) in [6.45, 7) is 3.53. The minimum absolute atomic E-state index is 0.235. The maximum Gasteiger partial charge on any atom is 0.260 e. The first-order chi connectivity index (χ1) is 14.3. The van der Waals surface area contributed by atoms with Crippen molar-refractivity contribution >= 4 is 55.8 Å². The zero-order valence-corrected chi connectivity index (χ0v) is 18.1. The van der Waals surface area contributed by atoms with Gasteiger partial charge in [-0.15, -0.1) is 0 Å². The Kier molecular flexibility index (Phi) is 5.27. The predicted molar refractivity (Wildman–Crippen MR) is 120 cm³/mol. The van der Waals surface area contributed by atoms with Crippen molar-refractivity contribution in [1.82, 2.24) is 14.8 Å². The number of thiazole rings is 1. The van der Waals surface area contributed by atoms with Gasteiger partial charge in [-0.25, -0.2) is 4.98 Å². The summed E-state index contributed by atoms with van der Waals surface area (Å²) in [5.74, 6) is -0.781.